The number of hydrogen-bond donors (Lipinski definition) is 3. The fraction of sp³-hybridized carbons (Fsp3) is 0.889. The number of hydrogen-bond acceptors (Lipinski definition) is 6. The molecule has 33 heavy (non-hydrogen) atoms. The summed E-state index contributed by atoms with van der Waals surface area (Å²) >= 11 is 0. The maximum atomic E-state index is 12.0. The Labute approximate surface area is 197 Å². The van der Waals surface area contributed by atoms with Crippen LogP contribution < -0.4 is 0 Å². The van der Waals surface area contributed by atoms with Crippen LogP contribution in [0, 0.1) is 46.3 Å². The molecule has 3 N–H and O–H groups in total. The molecule has 186 valence electrons. The average Bonchev–Trinajstić information content (AvgIpc) is 3.13. The first-order valence-electron chi connectivity index (χ1n) is 13.0. The molecular weight excluding hydrogens is 420 g/mol. The molecule has 0 heterocycles. The first-order valence-corrected chi connectivity index (χ1v) is 13.0. The third-order valence-electron chi connectivity index (χ3n) is 10.7. The number of rotatable bonds is 6. The van der Waals surface area contributed by atoms with Crippen LogP contribution in [0.4, 0.5) is 0 Å². The van der Waals surface area contributed by atoms with E-state index in [9.17, 15) is 24.9 Å². The van der Waals surface area contributed by atoms with Gasteiger partial charge in [0.25, 0.3) is 0 Å². The zero-order valence-corrected chi connectivity index (χ0v) is 20.4. The lowest BCUT2D eigenvalue weighted by Gasteiger charge is -2.63. The molecule has 0 aromatic rings. The molecule has 4 saturated carbocycles. The first-order chi connectivity index (χ1) is 15.6. The maximum Gasteiger partial charge on any atom is 0.306 e. The lowest BCUT2D eigenvalue weighted by molar-refractivity contribution is -0.207. The van der Waals surface area contributed by atoms with Crippen molar-refractivity contribution in [3.05, 3.63) is 6.08 Å². The summed E-state index contributed by atoms with van der Waals surface area (Å²) in [5, 5.41) is 33.2. The van der Waals surface area contributed by atoms with Crippen molar-refractivity contribution in [1.82, 2.24) is 0 Å². The predicted octanol–water partition coefficient (Wildman–Crippen LogP) is 3.30. The average molecular weight is 463 g/mol. The van der Waals surface area contributed by atoms with Gasteiger partial charge in [0.2, 0.25) is 0 Å². The summed E-state index contributed by atoms with van der Waals surface area (Å²) in [6.07, 6.45) is 7.18. The highest BCUT2D eigenvalue weighted by Gasteiger charge is 2.65. The Morgan fingerprint density at radius 3 is 2.61 bits per heavy atom. The third kappa shape index (κ3) is 4.22. The van der Waals surface area contributed by atoms with Crippen molar-refractivity contribution in [3.8, 4) is 0 Å². The topological polar surface area (TPSA) is 104 Å². The second kappa shape index (κ2) is 9.45. The van der Waals surface area contributed by atoms with E-state index in [-0.39, 0.29) is 53.4 Å². The minimum Gasteiger partial charge on any atom is -0.461 e. The van der Waals surface area contributed by atoms with Crippen LogP contribution in [-0.2, 0) is 14.3 Å². The van der Waals surface area contributed by atoms with Crippen LogP contribution in [-0.4, -0.2) is 52.1 Å². The summed E-state index contributed by atoms with van der Waals surface area (Å²) in [5.41, 5.74) is -0.183. The summed E-state index contributed by atoms with van der Waals surface area (Å²) < 4.78 is 5.04. The Morgan fingerprint density at radius 1 is 1.12 bits per heavy atom. The molecule has 0 bridgehead atoms. The monoisotopic (exact) mass is 462 g/mol. The molecule has 0 aliphatic heterocycles. The molecular formula is C27H42O6. The molecule has 11 unspecified atom stereocenters. The van der Waals surface area contributed by atoms with E-state index in [1.807, 2.05) is 0 Å². The van der Waals surface area contributed by atoms with Crippen molar-refractivity contribution in [2.75, 3.05) is 6.61 Å². The van der Waals surface area contributed by atoms with Crippen LogP contribution in [0.15, 0.2) is 6.08 Å². The number of ether oxygens (including phenoxy) is 1. The Hall–Kier alpha value is -1.20. The van der Waals surface area contributed by atoms with E-state index < -0.39 is 6.10 Å². The van der Waals surface area contributed by atoms with Gasteiger partial charge in [-0.2, -0.15) is 0 Å². The minimum atomic E-state index is -0.419. The molecule has 4 fully saturated rings. The molecule has 6 nitrogen and oxygen atoms in total. The van der Waals surface area contributed by atoms with E-state index in [2.05, 4.69) is 20.8 Å². The number of aliphatic hydroxyl groups excluding tert-OH is 3. The van der Waals surface area contributed by atoms with Crippen LogP contribution in [0.1, 0.15) is 78.6 Å². The van der Waals surface area contributed by atoms with Crippen LogP contribution in [0.3, 0.4) is 0 Å². The molecule has 11 atom stereocenters. The van der Waals surface area contributed by atoms with Gasteiger partial charge < -0.3 is 20.1 Å². The lowest BCUT2D eigenvalue weighted by atomic mass is 9.43. The van der Waals surface area contributed by atoms with Crippen molar-refractivity contribution < 1.29 is 29.6 Å². The molecule has 0 amide bonds. The van der Waals surface area contributed by atoms with Gasteiger partial charge in [-0.05, 0) is 97.7 Å². The van der Waals surface area contributed by atoms with E-state index in [0.29, 0.717) is 30.6 Å². The quantitative estimate of drug-likeness (QED) is 0.413. The summed E-state index contributed by atoms with van der Waals surface area (Å²) in [6.45, 7) is 6.72. The maximum absolute atomic E-state index is 12.0. The molecule has 4 rings (SSSR count). The number of fused-ring (bicyclic) bond motifs is 5. The zero-order valence-electron chi connectivity index (χ0n) is 20.4. The highest BCUT2D eigenvalue weighted by Crippen LogP contribution is 2.68. The predicted molar refractivity (Wildman–Crippen MR) is 124 cm³/mol. The molecule has 0 aromatic carbocycles. The Morgan fingerprint density at radius 2 is 1.88 bits per heavy atom. The number of carbonyl (C=O) groups excluding carboxylic acids is 2. The highest BCUT2D eigenvalue weighted by atomic mass is 16.5. The fourth-order valence-electron chi connectivity index (χ4n) is 8.92. The molecule has 0 aromatic heterocycles. The van der Waals surface area contributed by atoms with Crippen molar-refractivity contribution in [3.63, 3.8) is 0 Å². The molecule has 0 saturated heterocycles. The number of aliphatic hydroxyl groups is 3. The van der Waals surface area contributed by atoms with Gasteiger partial charge >= 0.3 is 5.97 Å². The normalized spacial score (nSPS) is 47.5. The smallest absolute Gasteiger partial charge is 0.306 e. The summed E-state index contributed by atoms with van der Waals surface area (Å²) in [6, 6.07) is 0. The molecule has 0 spiro atoms. The summed E-state index contributed by atoms with van der Waals surface area (Å²) in [5.74, 6) is 2.96. The van der Waals surface area contributed by atoms with E-state index >= 15 is 0 Å². The van der Waals surface area contributed by atoms with E-state index in [4.69, 9.17) is 4.74 Å². The number of esters is 1. The number of carbonyl (C=O) groups is 1. The van der Waals surface area contributed by atoms with Crippen molar-refractivity contribution >= 4 is 11.9 Å². The summed E-state index contributed by atoms with van der Waals surface area (Å²) in [4.78, 5) is 22.3. The second-order valence-corrected chi connectivity index (χ2v) is 12.0. The molecule has 4 aliphatic carbocycles. The largest absolute Gasteiger partial charge is 0.461 e. The van der Waals surface area contributed by atoms with E-state index in [1.54, 1.807) is 5.94 Å². The first kappa shape index (κ1) is 24.9. The molecule has 0 radical (unpaired) electrons. The van der Waals surface area contributed by atoms with Gasteiger partial charge in [0, 0.05) is 12.5 Å². The van der Waals surface area contributed by atoms with Gasteiger partial charge in [0.05, 0.1) is 18.3 Å². The third-order valence-corrected chi connectivity index (χ3v) is 10.7. The SMILES string of the molecule is CC(CCC(=O)OCC=C=O)C1CCC2C3C(O)CC4CC(O)CCC4(C)C3CC(O)C12C. The van der Waals surface area contributed by atoms with Crippen LogP contribution in [0.5, 0.6) is 0 Å². The van der Waals surface area contributed by atoms with Gasteiger partial charge in [0.15, 0.2) is 0 Å². The van der Waals surface area contributed by atoms with Crippen molar-refractivity contribution in [2.24, 2.45) is 46.3 Å². The summed E-state index contributed by atoms with van der Waals surface area (Å²) in [7, 11) is 0. The van der Waals surface area contributed by atoms with Gasteiger partial charge in [-0.15, -0.1) is 0 Å². The van der Waals surface area contributed by atoms with Crippen LogP contribution >= 0.6 is 0 Å². The minimum absolute atomic E-state index is 0.0314. The van der Waals surface area contributed by atoms with Gasteiger partial charge in [-0.3, -0.25) is 4.79 Å². The van der Waals surface area contributed by atoms with E-state index in [1.165, 1.54) is 0 Å². The van der Waals surface area contributed by atoms with Crippen LogP contribution in [0.25, 0.3) is 0 Å². The highest BCUT2D eigenvalue weighted by molar-refractivity contribution is 5.69. The second-order valence-electron chi connectivity index (χ2n) is 12.0. The van der Waals surface area contributed by atoms with Gasteiger partial charge in [0.1, 0.15) is 12.5 Å². The van der Waals surface area contributed by atoms with E-state index in [0.717, 1.165) is 51.0 Å². The molecule has 4 aliphatic rings. The Bertz CT molecular complexity index is 777. The van der Waals surface area contributed by atoms with Crippen LogP contribution in [0.2, 0.25) is 0 Å². The zero-order chi connectivity index (χ0) is 24.0. The van der Waals surface area contributed by atoms with Gasteiger partial charge in [-0.25, -0.2) is 4.79 Å². The van der Waals surface area contributed by atoms with Gasteiger partial charge in [-0.1, -0.05) is 20.8 Å². The van der Waals surface area contributed by atoms with Crippen molar-refractivity contribution in [1.29, 1.82) is 0 Å². The standard InChI is InChI=1S/C27H42O6/c1-16(5-8-24(32)33-12-4-11-28)19-6-7-20-25-21(15-23(31)27(19,20)3)26(2)10-9-18(29)13-17(26)14-22(25)30/h4,16-23,25,29-31H,5-10,12-15H2,1-3H3. The Kier molecular flexibility index (Phi) is 7.13. The lowest BCUT2D eigenvalue weighted by Crippen LogP contribution is -2.62. The van der Waals surface area contributed by atoms with Crippen molar-refractivity contribution in [2.45, 2.75) is 96.9 Å². The Balaban J connectivity index is 1.49. The fourth-order valence-corrected chi connectivity index (χ4v) is 8.92. The molecule has 6 heteroatoms.